The number of fused-ring (bicyclic) bond motifs is 1. The van der Waals surface area contributed by atoms with Crippen LogP contribution < -0.4 is 0 Å². The Morgan fingerprint density at radius 2 is 2.17 bits per heavy atom. The minimum Gasteiger partial charge on any atom is -0.387 e. The minimum absolute atomic E-state index is 0.576. The largest absolute Gasteiger partial charge is 0.387 e. The summed E-state index contributed by atoms with van der Waals surface area (Å²) in [6, 6.07) is 0. The third-order valence-electron chi connectivity index (χ3n) is 2.05. The Hall–Kier alpha value is -0.160. The molecule has 2 aliphatic rings. The highest BCUT2D eigenvalue weighted by Crippen LogP contribution is 2.36. The number of aliphatic hydroxyl groups excluding tert-OH is 1. The maximum absolute atomic E-state index is 9.69. The normalized spacial score (nSPS) is 53.7. The van der Waals surface area contributed by atoms with E-state index in [1.54, 1.807) is 13.8 Å². The quantitative estimate of drug-likeness (QED) is 0.574. The molecule has 0 bridgehead atoms. The van der Waals surface area contributed by atoms with Gasteiger partial charge in [0.05, 0.1) is 6.10 Å². The van der Waals surface area contributed by atoms with Crippen LogP contribution in [0.1, 0.15) is 23.5 Å². The summed E-state index contributed by atoms with van der Waals surface area (Å²) in [5.74, 6) is -0.763. The van der Waals surface area contributed by atoms with Crippen molar-refractivity contribution in [2.45, 2.75) is 51.1 Å². The van der Waals surface area contributed by atoms with Crippen LogP contribution in [0, 0.1) is 0 Å². The number of rotatable bonds is 0. The Morgan fingerprint density at radius 1 is 1.42 bits per heavy atom. The lowest BCUT2D eigenvalue weighted by molar-refractivity contribution is -0.212. The molecule has 4 heteroatoms. The average molecular weight is 176 g/mol. The van der Waals surface area contributed by atoms with Gasteiger partial charge < -0.3 is 19.3 Å². The molecule has 0 aromatic carbocycles. The lowest BCUT2D eigenvalue weighted by Gasteiger charge is -2.20. The van der Waals surface area contributed by atoms with Crippen LogP contribution in [0.25, 0.3) is 0 Å². The summed E-state index contributed by atoms with van der Waals surface area (Å²) in [4.78, 5) is 0. The van der Waals surface area contributed by atoms with E-state index < -0.39 is 37.3 Å². The molecule has 2 heterocycles. The molecule has 70 valence electrons. The van der Waals surface area contributed by atoms with Crippen LogP contribution in [0.2, 0.25) is 0 Å². The van der Waals surface area contributed by atoms with E-state index in [1.165, 1.54) is 0 Å². The summed E-state index contributed by atoms with van der Waals surface area (Å²) >= 11 is 0. The molecular weight excluding hydrogens is 160 g/mol. The molecule has 2 rings (SSSR count). The first-order valence-corrected chi connectivity index (χ1v) is 3.94. The summed E-state index contributed by atoms with van der Waals surface area (Å²) in [6.07, 6.45) is -3.03. The van der Waals surface area contributed by atoms with E-state index in [9.17, 15) is 5.11 Å². The highest BCUT2D eigenvalue weighted by Gasteiger charge is 2.52. The maximum Gasteiger partial charge on any atom is 0.190 e. The Balaban J connectivity index is 2.08. The predicted molar refractivity (Wildman–Crippen MR) is 40.4 cm³/mol. The van der Waals surface area contributed by atoms with Crippen molar-refractivity contribution in [2.75, 3.05) is 0 Å². The van der Waals surface area contributed by atoms with Crippen molar-refractivity contribution in [1.82, 2.24) is 0 Å². The topological polar surface area (TPSA) is 47.9 Å². The average Bonchev–Trinajstić information content (AvgIpc) is 2.46. The van der Waals surface area contributed by atoms with Crippen molar-refractivity contribution in [1.29, 1.82) is 0 Å². The van der Waals surface area contributed by atoms with E-state index in [4.69, 9.17) is 17.0 Å². The van der Waals surface area contributed by atoms with Gasteiger partial charge in [-0.2, -0.15) is 0 Å². The van der Waals surface area contributed by atoms with Crippen molar-refractivity contribution in [2.24, 2.45) is 0 Å². The first kappa shape index (κ1) is 6.32. The van der Waals surface area contributed by atoms with Gasteiger partial charge in [-0.05, 0) is 20.7 Å². The van der Waals surface area contributed by atoms with E-state index in [2.05, 4.69) is 0 Å². The summed E-state index contributed by atoms with van der Waals surface area (Å²) in [5.41, 5.74) is 0. The van der Waals surface area contributed by atoms with Crippen molar-refractivity contribution < 1.29 is 22.1 Å². The molecule has 12 heavy (non-hydrogen) atoms. The summed E-state index contributed by atoms with van der Waals surface area (Å²) in [6.45, 7) is 2.23. The van der Waals surface area contributed by atoms with Crippen LogP contribution in [0.15, 0.2) is 0 Å². The zero-order valence-electron chi connectivity index (χ0n) is 9.06. The zero-order chi connectivity index (χ0) is 10.5. The molecule has 1 unspecified atom stereocenters. The van der Waals surface area contributed by atoms with Crippen molar-refractivity contribution >= 4 is 0 Å². The number of aliphatic hydroxyl groups is 1. The van der Waals surface area contributed by atoms with Crippen molar-refractivity contribution in [3.63, 3.8) is 0 Å². The predicted octanol–water partition coefficient (Wildman–Crippen LogP) is 0.244. The molecule has 4 nitrogen and oxygen atoms in total. The van der Waals surface area contributed by atoms with Crippen LogP contribution in [-0.4, -0.2) is 35.5 Å². The third-order valence-corrected chi connectivity index (χ3v) is 2.05. The van der Waals surface area contributed by atoms with Crippen LogP contribution in [0.4, 0.5) is 0 Å². The lowest BCUT2D eigenvalue weighted by atomic mass is 10.2. The molecular formula is C8H14O4. The molecule has 0 aliphatic carbocycles. The highest BCUT2D eigenvalue weighted by atomic mass is 16.8. The molecule has 0 aromatic heterocycles. The zero-order valence-corrected chi connectivity index (χ0v) is 7.06. The molecule has 1 N–H and O–H groups in total. The van der Waals surface area contributed by atoms with E-state index in [0.29, 0.717) is 0 Å². The fourth-order valence-corrected chi connectivity index (χ4v) is 1.52. The molecule has 0 amide bonds. The first-order valence-electron chi connectivity index (χ1n) is 5.10. The molecule has 0 aromatic rings. The van der Waals surface area contributed by atoms with Gasteiger partial charge in [-0.25, -0.2) is 0 Å². The van der Waals surface area contributed by atoms with Gasteiger partial charge in [0.25, 0.3) is 0 Å². The van der Waals surface area contributed by atoms with Crippen molar-refractivity contribution in [3.8, 4) is 0 Å². The maximum atomic E-state index is 9.69. The van der Waals surface area contributed by atoms with Gasteiger partial charge in [-0.3, -0.25) is 0 Å². The van der Waals surface area contributed by atoms with Gasteiger partial charge in [0.1, 0.15) is 12.2 Å². The van der Waals surface area contributed by atoms with E-state index in [1.807, 2.05) is 0 Å². The van der Waals surface area contributed by atoms with Crippen molar-refractivity contribution in [3.05, 3.63) is 0 Å². The highest BCUT2D eigenvalue weighted by molar-refractivity contribution is 4.90. The van der Waals surface area contributed by atoms with Crippen LogP contribution in [0.3, 0.4) is 0 Å². The van der Waals surface area contributed by atoms with E-state index >= 15 is 0 Å². The Labute approximate surface area is 74.2 Å². The SMILES string of the molecule is [2H]C([2H])[C@H]1O[C@@H]2OC(C)(C)O[C@H]2C1O. The molecule has 0 spiro atoms. The number of hydrogen-bond acceptors (Lipinski definition) is 4. The minimum atomic E-state index is -1.23. The molecule has 2 aliphatic heterocycles. The fraction of sp³-hybridized carbons (Fsp3) is 1.00. The smallest absolute Gasteiger partial charge is 0.190 e. The van der Waals surface area contributed by atoms with Crippen LogP contribution >= 0.6 is 0 Å². The summed E-state index contributed by atoms with van der Waals surface area (Å²) in [5, 5.41) is 9.69. The third kappa shape index (κ3) is 1.15. The van der Waals surface area contributed by atoms with Crippen LogP contribution in [-0.2, 0) is 14.2 Å². The second-order valence-corrected chi connectivity index (χ2v) is 3.56. The van der Waals surface area contributed by atoms with Crippen LogP contribution in [0.5, 0.6) is 0 Å². The molecule has 0 radical (unpaired) electrons. The van der Waals surface area contributed by atoms with Gasteiger partial charge in [0, 0.05) is 2.74 Å². The second kappa shape index (κ2) is 2.42. The molecule has 0 saturated carbocycles. The Kier molecular flexibility index (Phi) is 1.27. The Bertz CT molecular complexity index is 231. The standard InChI is InChI=1S/C8H14O4/c1-4-5(9)6-7(10-4)12-8(2,3)11-6/h4-7,9H,1-3H3/t4-,5?,6+,7-/m1/s1/i1D2. The first-order chi connectivity index (χ1) is 6.41. The van der Waals surface area contributed by atoms with Gasteiger partial charge in [0.15, 0.2) is 12.1 Å². The molecule has 4 atom stereocenters. The van der Waals surface area contributed by atoms with E-state index in [-0.39, 0.29) is 0 Å². The van der Waals surface area contributed by atoms with Gasteiger partial charge >= 0.3 is 0 Å². The second-order valence-electron chi connectivity index (χ2n) is 3.56. The van der Waals surface area contributed by atoms with Gasteiger partial charge in [-0.1, -0.05) is 0 Å². The van der Waals surface area contributed by atoms with E-state index in [0.717, 1.165) is 0 Å². The molecule has 2 saturated heterocycles. The monoisotopic (exact) mass is 176 g/mol. The number of hydrogen-bond donors (Lipinski definition) is 1. The fourth-order valence-electron chi connectivity index (χ4n) is 1.52. The summed E-state index contributed by atoms with van der Waals surface area (Å²) < 4.78 is 30.3. The Morgan fingerprint density at radius 3 is 2.75 bits per heavy atom. The van der Waals surface area contributed by atoms with Gasteiger partial charge in [-0.15, -0.1) is 0 Å². The molecule has 2 fully saturated rings. The van der Waals surface area contributed by atoms with Gasteiger partial charge in [0.2, 0.25) is 0 Å². The number of ether oxygens (including phenoxy) is 3. The lowest BCUT2D eigenvalue weighted by Crippen LogP contribution is -2.33. The summed E-state index contributed by atoms with van der Waals surface area (Å²) in [7, 11) is 0.